The average Bonchev–Trinajstić information content (AvgIpc) is 3.40. The lowest BCUT2D eigenvalue weighted by atomic mass is 9.80. The molecular weight excluding hydrogens is 793 g/mol. The summed E-state index contributed by atoms with van der Waals surface area (Å²) in [5, 5.41) is 15.4. The predicted molar refractivity (Wildman–Crippen MR) is 283 cm³/mol. The van der Waals surface area contributed by atoms with Crippen LogP contribution in [0.2, 0.25) is 0 Å². The molecule has 0 fully saturated rings. The third-order valence-electron chi connectivity index (χ3n) is 14.4. The van der Waals surface area contributed by atoms with Gasteiger partial charge in [0.1, 0.15) is 0 Å². The number of hydrogen-bond acceptors (Lipinski definition) is 0. The lowest BCUT2D eigenvalue weighted by molar-refractivity contribution is 1.51. The largest absolute Gasteiger partial charge is 0.0616 e. The first-order valence-corrected chi connectivity index (χ1v) is 23.0. The molecule has 13 aromatic carbocycles. The summed E-state index contributed by atoms with van der Waals surface area (Å²) in [5.74, 6) is 0. The number of benzene rings is 13. The minimum atomic E-state index is 1.19. The van der Waals surface area contributed by atoms with E-state index >= 15 is 0 Å². The van der Waals surface area contributed by atoms with Crippen LogP contribution in [0.3, 0.4) is 0 Å². The molecule has 0 bridgehead atoms. The summed E-state index contributed by atoms with van der Waals surface area (Å²) < 4.78 is 0. The molecule has 0 aliphatic heterocycles. The lowest BCUT2D eigenvalue weighted by Gasteiger charge is -2.23. The molecule has 0 heterocycles. The predicted octanol–water partition coefficient (Wildman–Crippen LogP) is 18.6. The Morgan fingerprint density at radius 2 is 0.348 bits per heavy atom. The molecular formula is C66H40. The van der Waals surface area contributed by atoms with Crippen molar-refractivity contribution in [2.75, 3.05) is 0 Å². The van der Waals surface area contributed by atoms with E-state index in [2.05, 4.69) is 243 Å². The molecule has 0 atom stereocenters. The van der Waals surface area contributed by atoms with E-state index in [-0.39, 0.29) is 0 Å². The second-order valence-electron chi connectivity index (χ2n) is 17.9. The van der Waals surface area contributed by atoms with Gasteiger partial charge in [-0.2, -0.15) is 0 Å². The minimum Gasteiger partial charge on any atom is -0.0616 e. The van der Waals surface area contributed by atoms with Crippen molar-refractivity contribution in [2.45, 2.75) is 0 Å². The fourth-order valence-electron chi connectivity index (χ4n) is 11.3. The van der Waals surface area contributed by atoms with Gasteiger partial charge in [0.05, 0.1) is 0 Å². The highest BCUT2D eigenvalue weighted by molar-refractivity contribution is 6.27. The standard InChI is InChI=1S/C66H40/c1-2-16-48-47(15-1)49-17-3-6-23-55(49)61-32-29-41(38-64(61)58-26-12-9-20-52(48)58)44-35-45(42-30-33-62-56-24-7-4-18-50(56)53-21-10-13-27-59(53)65(62)39-42)37-46(36-44)43-31-34-63-57-25-8-5-19-51(57)54-22-11-14-28-60(54)66(63)40-43/h1-40H. The van der Waals surface area contributed by atoms with Crippen LogP contribution in [0, 0.1) is 0 Å². The van der Waals surface area contributed by atoms with Gasteiger partial charge < -0.3 is 0 Å². The van der Waals surface area contributed by atoms with Gasteiger partial charge >= 0.3 is 0 Å². The molecule has 1 aliphatic rings. The van der Waals surface area contributed by atoms with Crippen LogP contribution in [0.5, 0.6) is 0 Å². The minimum absolute atomic E-state index is 1.19. The number of fused-ring (bicyclic) bond motifs is 20. The first-order valence-electron chi connectivity index (χ1n) is 23.0. The Labute approximate surface area is 383 Å². The van der Waals surface area contributed by atoms with E-state index in [1.54, 1.807) is 0 Å². The van der Waals surface area contributed by atoms with E-state index in [1.165, 1.54) is 143 Å². The number of hydrogen-bond donors (Lipinski definition) is 0. The van der Waals surface area contributed by atoms with Crippen molar-refractivity contribution in [2.24, 2.45) is 0 Å². The van der Waals surface area contributed by atoms with Gasteiger partial charge in [-0.3, -0.25) is 0 Å². The Hall–Kier alpha value is -8.58. The molecule has 0 aromatic heterocycles. The van der Waals surface area contributed by atoms with Gasteiger partial charge in [-0.05, 0) is 179 Å². The summed E-state index contributed by atoms with van der Waals surface area (Å²) in [6.07, 6.45) is 0. The van der Waals surface area contributed by atoms with E-state index in [0.717, 1.165) is 0 Å². The average molecular weight is 833 g/mol. The van der Waals surface area contributed by atoms with Crippen LogP contribution < -0.4 is 0 Å². The van der Waals surface area contributed by atoms with Crippen molar-refractivity contribution in [3.8, 4) is 77.9 Å². The van der Waals surface area contributed by atoms with Crippen molar-refractivity contribution in [3.05, 3.63) is 243 Å². The maximum atomic E-state index is 2.45. The zero-order chi connectivity index (χ0) is 43.3. The van der Waals surface area contributed by atoms with Crippen LogP contribution in [0.25, 0.3) is 143 Å². The second-order valence-corrected chi connectivity index (χ2v) is 17.9. The lowest BCUT2D eigenvalue weighted by Crippen LogP contribution is -1.97. The van der Waals surface area contributed by atoms with Gasteiger partial charge in [0.25, 0.3) is 0 Å². The summed E-state index contributed by atoms with van der Waals surface area (Å²) in [6.45, 7) is 0. The Bertz CT molecular complexity index is 3910. The highest BCUT2D eigenvalue weighted by atomic mass is 14.3. The SMILES string of the molecule is c1ccc2c(c1)-c1ccccc1-c1ccc(-c3cc(-c4ccc5c6ccccc6c6ccccc6c5c4)cc(-c4ccc5c6ccccc6c6ccccc6c5c4)c3)cc1-c1ccccc1-2. The molecule has 66 heavy (non-hydrogen) atoms. The summed E-state index contributed by atoms with van der Waals surface area (Å²) in [5.41, 5.74) is 17.2. The Morgan fingerprint density at radius 3 is 0.682 bits per heavy atom. The molecule has 0 saturated heterocycles. The quantitative estimate of drug-likeness (QED) is 0.156. The molecule has 0 N–H and O–H groups in total. The van der Waals surface area contributed by atoms with Gasteiger partial charge in [-0.25, -0.2) is 0 Å². The summed E-state index contributed by atoms with van der Waals surface area (Å²) >= 11 is 0. The second kappa shape index (κ2) is 14.5. The molecule has 0 unspecified atom stereocenters. The smallest absolute Gasteiger partial charge is 0.00928 e. The zero-order valence-electron chi connectivity index (χ0n) is 36.1. The first kappa shape index (κ1) is 36.9. The molecule has 0 radical (unpaired) electrons. The van der Waals surface area contributed by atoms with Gasteiger partial charge in [0, 0.05) is 0 Å². The summed E-state index contributed by atoms with van der Waals surface area (Å²) in [4.78, 5) is 0. The van der Waals surface area contributed by atoms with Crippen LogP contribution in [-0.4, -0.2) is 0 Å². The van der Waals surface area contributed by atoms with Gasteiger partial charge in [0.15, 0.2) is 0 Å². The van der Waals surface area contributed by atoms with Crippen LogP contribution in [-0.2, 0) is 0 Å². The van der Waals surface area contributed by atoms with Crippen LogP contribution >= 0.6 is 0 Å². The van der Waals surface area contributed by atoms with Gasteiger partial charge in [-0.1, -0.05) is 206 Å². The highest BCUT2D eigenvalue weighted by Crippen LogP contribution is 2.49. The first-order chi connectivity index (χ1) is 32.7. The van der Waals surface area contributed by atoms with Gasteiger partial charge in [0.2, 0.25) is 0 Å². The Kier molecular flexibility index (Phi) is 8.08. The topological polar surface area (TPSA) is 0 Å². The maximum absolute atomic E-state index is 2.45. The van der Waals surface area contributed by atoms with Crippen LogP contribution in [0.4, 0.5) is 0 Å². The molecule has 14 rings (SSSR count). The van der Waals surface area contributed by atoms with E-state index in [9.17, 15) is 0 Å². The molecule has 13 aromatic rings. The molecule has 0 nitrogen and oxygen atoms in total. The highest BCUT2D eigenvalue weighted by Gasteiger charge is 2.22. The fourth-order valence-corrected chi connectivity index (χ4v) is 11.3. The summed E-state index contributed by atoms with van der Waals surface area (Å²) in [7, 11) is 0. The third-order valence-corrected chi connectivity index (χ3v) is 14.4. The third kappa shape index (κ3) is 5.59. The van der Waals surface area contributed by atoms with Crippen molar-refractivity contribution in [3.63, 3.8) is 0 Å². The van der Waals surface area contributed by atoms with E-state index in [1.807, 2.05) is 0 Å². The van der Waals surface area contributed by atoms with E-state index in [0.29, 0.717) is 0 Å². The van der Waals surface area contributed by atoms with Crippen molar-refractivity contribution < 1.29 is 0 Å². The van der Waals surface area contributed by atoms with Crippen molar-refractivity contribution >= 4 is 64.6 Å². The van der Waals surface area contributed by atoms with Crippen molar-refractivity contribution in [1.29, 1.82) is 0 Å². The van der Waals surface area contributed by atoms with Gasteiger partial charge in [-0.15, -0.1) is 0 Å². The van der Waals surface area contributed by atoms with Crippen molar-refractivity contribution in [1.82, 2.24) is 0 Å². The molecule has 0 saturated carbocycles. The molecule has 0 spiro atoms. The van der Waals surface area contributed by atoms with E-state index < -0.39 is 0 Å². The monoisotopic (exact) mass is 832 g/mol. The molecule has 304 valence electrons. The van der Waals surface area contributed by atoms with E-state index in [4.69, 9.17) is 0 Å². The fraction of sp³-hybridized carbons (Fsp3) is 0. The number of rotatable bonds is 3. The molecule has 0 heteroatoms. The normalized spacial score (nSPS) is 11.9. The Balaban J connectivity index is 1.03. The summed E-state index contributed by atoms with van der Waals surface area (Å²) in [6, 6.07) is 90.8. The van der Waals surface area contributed by atoms with Crippen LogP contribution in [0.1, 0.15) is 0 Å². The maximum Gasteiger partial charge on any atom is -0.00928 e. The molecule has 1 aliphatic carbocycles. The van der Waals surface area contributed by atoms with Crippen LogP contribution in [0.15, 0.2) is 243 Å². The Morgan fingerprint density at radius 1 is 0.121 bits per heavy atom. The molecule has 0 amide bonds. The zero-order valence-corrected chi connectivity index (χ0v) is 36.1.